The average Bonchev–Trinajstić information content (AvgIpc) is 2.89. The summed E-state index contributed by atoms with van der Waals surface area (Å²) in [7, 11) is 0. The fourth-order valence-corrected chi connectivity index (χ4v) is 2.06. The quantitative estimate of drug-likeness (QED) is 0.692. The first-order valence-electron chi connectivity index (χ1n) is 6.22. The van der Waals surface area contributed by atoms with Gasteiger partial charge >= 0.3 is 5.97 Å². The Labute approximate surface area is 127 Å². The van der Waals surface area contributed by atoms with Gasteiger partial charge in [0.05, 0.1) is 0 Å². The lowest BCUT2D eigenvalue weighted by Crippen LogP contribution is -2.11. The number of carbonyl (C=O) groups is 1. The van der Waals surface area contributed by atoms with Crippen LogP contribution in [-0.4, -0.2) is 27.6 Å². The number of aromatic nitrogens is 2. The predicted octanol–water partition coefficient (Wildman–Crippen LogP) is 3.15. The van der Waals surface area contributed by atoms with Gasteiger partial charge in [-0.05, 0) is 35.9 Å². The van der Waals surface area contributed by atoms with E-state index in [9.17, 15) is 4.79 Å². The van der Waals surface area contributed by atoms with Crippen LogP contribution in [0.4, 0.5) is 5.69 Å². The molecule has 0 amide bonds. The van der Waals surface area contributed by atoms with Crippen LogP contribution in [0, 0.1) is 0 Å². The zero-order chi connectivity index (χ0) is 13.9. The molecular weight excluding hydrogens is 290 g/mol. The molecule has 3 rings (SSSR count). The maximum atomic E-state index is 10.5. The summed E-state index contributed by atoms with van der Waals surface area (Å²) in [6, 6.07) is 13.5. The first-order valence-corrected chi connectivity index (χ1v) is 6.22. The van der Waals surface area contributed by atoms with E-state index in [2.05, 4.69) is 15.3 Å². The maximum absolute atomic E-state index is 10.5. The van der Waals surface area contributed by atoms with Crippen molar-refractivity contribution in [1.82, 2.24) is 9.97 Å². The Bertz CT molecular complexity index is 720. The van der Waals surface area contributed by atoms with Gasteiger partial charge in [-0.1, -0.05) is 12.1 Å². The van der Waals surface area contributed by atoms with Crippen LogP contribution in [0.2, 0.25) is 0 Å². The van der Waals surface area contributed by atoms with Crippen molar-refractivity contribution in [2.24, 2.45) is 0 Å². The number of carboxylic acids is 1. The second kappa shape index (κ2) is 6.28. The Balaban J connectivity index is 0.00000161. The first kappa shape index (κ1) is 14.9. The normalized spacial score (nSPS) is 10.1. The van der Waals surface area contributed by atoms with Gasteiger partial charge in [0.15, 0.2) is 0 Å². The summed E-state index contributed by atoms with van der Waals surface area (Å²) < 4.78 is 0. The highest BCUT2D eigenvalue weighted by atomic mass is 35.5. The van der Waals surface area contributed by atoms with Crippen molar-refractivity contribution in [2.45, 2.75) is 0 Å². The number of hydrogen-bond acceptors (Lipinski definition) is 3. The Hall–Kier alpha value is -2.53. The standard InChI is InChI=1S/C15H13N3O2.ClH/c19-14(20)9-17-12-5-3-10(4-6-12)13-8-11-2-1-7-16-15(11)18-13;/h1-8,17H,9H2,(H,16,18)(H,19,20);1H. The molecular formula is C15H14ClN3O2. The van der Waals surface area contributed by atoms with Crippen molar-refractivity contribution in [2.75, 3.05) is 11.9 Å². The molecule has 0 radical (unpaired) electrons. The molecule has 3 aromatic rings. The van der Waals surface area contributed by atoms with Crippen LogP contribution in [0.3, 0.4) is 0 Å². The van der Waals surface area contributed by atoms with E-state index in [1.54, 1.807) is 6.20 Å². The third-order valence-corrected chi connectivity index (χ3v) is 3.03. The van der Waals surface area contributed by atoms with Gasteiger partial charge < -0.3 is 15.4 Å². The number of nitrogens with one attached hydrogen (secondary N) is 2. The topological polar surface area (TPSA) is 78.0 Å². The van der Waals surface area contributed by atoms with Crippen molar-refractivity contribution in [3.63, 3.8) is 0 Å². The summed E-state index contributed by atoms with van der Waals surface area (Å²) in [4.78, 5) is 18.0. The zero-order valence-electron chi connectivity index (χ0n) is 11.0. The predicted molar refractivity (Wildman–Crippen MR) is 84.9 cm³/mol. The van der Waals surface area contributed by atoms with Gasteiger partial charge in [0.1, 0.15) is 12.2 Å². The van der Waals surface area contributed by atoms with Crippen LogP contribution >= 0.6 is 12.4 Å². The lowest BCUT2D eigenvalue weighted by molar-refractivity contribution is -0.134. The minimum Gasteiger partial charge on any atom is -0.480 e. The molecule has 1 aromatic carbocycles. The van der Waals surface area contributed by atoms with Crippen molar-refractivity contribution < 1.29 is 9.90 Å². The molecule has 0 saturated carbocycles. The number of aliphatic carboxylic acids is 1. The molecule has 6 heteroatoms. The van der Waals surface area contributed by atoms with Crippen molar-refractivity contribution in [3.05, 3.63) is 48.7 Å². The smallest absolute Gasteiger partial charge is 0.322 e. The van der Waals surface area contributed by atoms with E-state index in [4.69, 9.17) is 5.11 Å². The molecule has 0 saturated heterocycles. The number of fused-ring (bicyclic) bond motifs is 1. The Kier molecular flexibility index (Phi) is 4.45. The first-order chi connectivity index (χ1) is 9.72. The summed E-state index contributed by atoms with van der Waals surface area (Å²) in [6.07, 6.45) is 1.75. The second-order valence-electron chi connectivity index (χ2n) is 4.45. The van der Waals surface area contributed by atoms with Crippen molar-refractivity contribution in [3.8, 4) is 11.3 Å². The van der Waals surface area contributed by atoms with E-state index < -0.39 is 5.97 Å². The molecule has 2 aromatic heterocycles. The molecule has 0 unspecified atom stereocenters. The monoisotopic (exact) mass is 303 g/mol. The van der Waals surface area contributed by atoms with Crippen LogP contribution in [-0.2, 0) is 4.79 Å². The summed E-state index contributed by atoms with van der Waals surface area (Å²) in [5.74, 6) is -0.879. The van der Waals surface area contributed by atoms with Crippen LogP contribution in [0.1, 0.15) is 0 Å². The van der Waals surface area contributed by atoms with Gasteiger partial charge in [0.25, 0.3) is 0 Å². The zero-order valence-corrected chi connectivity index (χ0v) is 11.9. The van der Waals surface area contributed by atoms with Gasteiger partial charge in [-0.2, -0.15) is 0 Å². The van der Waals surface area contributed by atoms with Gasteiger partial charge in [-0.25, -0.2) is 4.98 Å². The molecule has 21 heavy (non-hydrogen) atoms. The highest BCUT2D eigenvalue weighted by Crippen LogP contribution is 2.24. The van der Waals surface area contributed by atoms with Gasteiger partial charge in [0.2, 0.25) is 0 Å². The van der Waals surface area contributed by atoms with E-state index in [1.807, 2.05) is 42.5 Å². The third kappa shape index (κ3) is 3.32. The highest BCUT2D eigenvalue weighted by Gasteiger charge is 2.04. The largest absolute Gasteiger partial charge is 0.480 e. The van der Waals surface area contributed by atoms with E-state index in [0.29, 0.717) is 0 Å². The number of nitrogens with zero attached hydrogens (tertiary/aromatic N) is 1. The van der Waals surface area contributed by atoms with E-state index >= 15 is 0 Å². The van der Waals surface area contributed by atoms with Crippen LogP contribution < -0.4 is 5.32 Å². The Morgan fingerprint density at radius 3 is 2.67 bits per heavy atom. The van der Waals surface area contributed by atoms with E-state index in [0.717, 1.165) is 28.0 Å². The minimum absolute atomic E-state index is 0. The maximum Gasteiger partial charge on any atom is 0.322 e. The second-order valence-corrected chi connectivity index (χ2v) is 4.45. The molecule has 3 N–H and O–H groups in total. The summed E-state index contributed by atoms with van der Waals surface area (Å²) in [6.45, 7) is -0.0876. The fourth-order valence-electron chi connectivity index (χ4n) is 2.06. The number of H-pyrrole nitrogens is 1. The molecule has 2 heterocycles. The van der Waals surface area contributed by atoms with Gasteiger partial charge in [-0.3, -0.25) is 4.79 Å². The third-order valence-electron chi connectivity index (χ3n) is 3.03. The number of anilines is 1. The fraction of sp³-hybridized carbons (Fsp3) is 0.0667. The van der Waals surface area contributed by atoms with E-state index in [-0.39, 0.29) is 19.0 Å². The summed E-state index contributed by atoms with van der Waals surface area (Å²) in [5, 5.41) is 12.5. The summed E-state index contributed by atoms with van der Waals surface area (Å²) >= 11 is 0. The number of carboxylic acid groups (broad SMARTS) is 1. The van der Waals surface area contributed by atoms with Crippen molar-refractivity contribution >= 4 is 35.1 Å². The summed E-state index contributed by atoms with van der Waals surface area (Å²) in [5.41, 5.74) is 3.66. The van der Waals surface area contributed by atoms with Gasteiger partial charge in [-0.15, -0.1) is 12.4 Å². The molecule has 0 atom stereocenters. The van der Waals surface area contributed by atoms with Crippen molar-refractivity contribution in [1.29, 1.82) is 0 Å². The number of rotatable bonds is 4. The van der Waals surface area contributed by atoms with Crippen LogP contribution in [0.15, 0.2) is 48.7 Å². The number of benzene rings is 1. The molecule has 0 spiro atoms. The lowest BCUT2D eigenvalue weighted by Gasteiger charge is -2.04. The molecule has 5 nitrogen and oxygen atoms in total. The molecule has 108 valence electrons. The molecule has 0 aliphatic rings. The molecule has 0 bridgehead atoms. The number of hydrogen-bond donors (Lipinski definition) is 3. The van der Waals surface area contributed by atoms with E-state index in [1.165, 1.54) is 0 Å². The van der Waals surface area contributed by atoms with Crippen LogP contribution in [0.5, 0.6) is 0 Å². The molecule has 0 fully saturated rings. The minimum atomic E-state index is -0.879. The number of halogens is 1. The average molecular weight is 304 g/mol. The highest BCUT2D eigenvalue weighted by molar-refractivity contribution is 5.85. The Morgan fingerprint density at radius 2 is 2.00 bits per heavy atom. The molecule has 0 aliphatic heterocycles. The molecule has 0 aliphatic carbocycles. The SMILES string of the molecule is Cl.O=C(O)CNc1ccc(-c2cc3cccnc3[nH]2)cc1. The van der Waals surface area contributed by atoms with Crippen LogP contribution in [0.25, 0.3) is 22.3 Å². The Morgan fingerprint density at radius 1 is 1.24 bits per heavy atom. The number of pyridine rings is 1. The lowest BCUT2D eigenvalue weighted by atomic mass is 10.1. The van der Waals surface area contributed by atoms with Gasteiger partial charge in [0, 0.05) is 23.0 Å². The number of aromatic amines is 1.